The monoisotopic (exact) mass is 369 g/mol. The van der Waals surface area contributed by atoms with Crippen molar-refractivity contribution < 1.29 is 22.8 Å². The minimum Gasteiger partial charge on any atom is -0.404 e. The second kappa shape index (κ2) is 6.20. The molecule has 2 N–H and O–H groups in total. The van der Waals surface area contributed by atoms with Crippen molar-refractivity contribution in [3.63, 3.8) is 0 Å². The van der Waals surface area contributed by atoms with Gasteiger partial charge < -0.3 is 10.6 Å². The number of carbonyl (C=O) groups excluding carboxylic acids is 1. The fourth-order valence-corrected chi connectivity index (χ4v) is 2.84. The first-order valence-electron chi connectivity index (χ1n) is 6.87. The van der Waals surface area contributed by atoms with Crippen molar-refractivity contribution >= 4 is 28.1 Å². The van der Waals surface area contributed by atoms with Gasteiger partial charge in [-0.1, -0.05) is 18.2 Å². The molecule has 0 bridgehead atoms. The first-order valence-corrected chi connectivity index (χ1v) is 7.75. The normalized spacial score (nSPS) is 11.6. The van der Waals surface area contributed by atoms with Crippen molar-refractivity contribution in [3.05, 3.63) is 62.3 Å². The zero-order chi connectivity index (χ0) is 18.2. The highest BCUT2D eigenvalue weighted by Crippen LogP contribution is 2.31. The van der Waals surface area contributed by atoms with Crippen LogP contribution in [0.15, 0.2) is 40.5 Å². The number of para-hydroxylation sites is 1. The Hall–Kier alpha value is -2.88. The molecule has 3 rings (SSSR count). The van der Waals surface area contributed by atoms with E-state index in [1.54, 1.807) is 24.3 Å². The van der Waals surface area contributed by atoms with Gasteiger partial charge in [-0.25, -0.2) is 4.98 Å². The molecule has 0 saturated carbocycles. The summed E-state index contributed by atoms with van der Waals surface area (Å²) in [6.07, 6.45) is -4.54. The lowest BCUT2D eigenvalue weighted by molar-refractivity contribution is -0.137. The summed E-state index contributed by atoms with van der Waals surface area (Å²) in [6.45, 7) is -0.376. The standard InChI is InChI=1S/C15H10F3N3O3S/c16-15(17,18)14-20-9(7-25-14)6-24-21-11-4-2-1-3-8(11)5-10(12(19)22)13(21)23/h1-5,7H,6H2,(H2,19,22). The average Bonchev–Trinajstić information content (AvgIpc) is 3.02. The molecule has 0 spiro atoms. The lowest BCUT2D eigenvalue weighted by Crippen LogP contribution is -2.33. The van der Waals surface area contributed by atoms with E-state index in [1.807, 2.05) is 0 Å². The van der Waals surface area contributed by atoms with E-state index < -0.39 is 22.7 Å². The van der Waals surface area contributed by atoms with Crippen molar-refractivity contribution in [2.45, 2.75) is 12.8 Å². The highest BCUT2D eigenvalue weighted by molar-refractivity contribution is 7.09. The van der Waals surface area contributed by atoms with E-state index in [4.69, 9.17) is 10.6 Å². The highest BCUT2D eigenvalue weighted by Gasteiger charge is 2.34. The summed E-state index contributed by atoms with van der Waals surface area (Å²) in [5.41, 5.74) is 4.47. The van der Waals surface area contributed by atoms with E-state index >= 15 is 0 Å². The smallest absolute Gasteiger partial charge is 0.404 e. The van der Waals surface area contributed by atoms with E-state index in [0.717, 1.165) is 4.73 Å². The molecule has 0 saturated heterocycles. The molecule has 130 valence electrons. The number of aromatic nitrogens is 2. The second-order valence-corrected chi connectivity index (χ2v) is 5.85. The van der Waals surface area contributed by atoms with Crippen molar-refractivity contribution in [1.82, 2.24) is 9.71 Å². The lowest BCUT2D eigenvalue weighted by Gasteiger charge is -2.12. The highest BCUT2D eigenvalue weighted by atomic mass is 32.1. The van der Waals surface area contributed by atoms with E-state index in [-0.39, 0.29) is 17.9 Å². The number of amides is 1. The number of fused-ring (bicyclic) bond motifs is 1. The number of primary amides is 1. The topological polar surface area (TPSA) is 87.2 Å². The third kappa shape index (κ3) is 3.33. The predicted octanol–water partition coefficient (Wildman–Crippen LogP) is 2.20. The quantitative estimate of drug-likeness (QED) is 0.764. The maximum Gasteiger partial charge on any atom is 0.443 e. The number of nitrogens with zero attached hydrogens (tertiary/aromatic N) is 2. The van der Waals surface area contributed by atoms with E-state index in [1.165, 1.54) is 11.4 Å². The van der Waals surface area contributed by atoms with Crippen LogP contribution in [0.2, 0.25) is 0 Å². The van der Waals surface area contributed by atoms with Crippen LogP contribution in [-0.2, 0) is 12.8 Å². The minimum absolute atomic E-state index is 0.0118. The number of hydrogen-bond acceptors (Lipinski definition) is 5. The van der Waals surface area contributed by atoms with Gasteiger partial charge in [0.2, 0.25) is 0 Å². The Morgan fingerprint density at radius 3 is 2.68 bits per heavy atom. The molecule has 25 heavy (non-hydrogen) atoms. The predicted molar refractivity (Wildman–Crippen MR) is 84.1 cm³/mol. The molecule has 6 nitrogen and oxygen atoms in total. The fourth-order valence-electron chi connectivity index (χ4n) is 2.17. The van der Waals surface area contributed by atoms with Gasteiger partial charge in [-0.2, -0.15) is 13.2 Å². The fraction of sp³-hybridized carbons (Fsp3) is 0.133. The number of carbonyl (C=O) groups is 1. The van der Waals surface area contributed by atoms with Crippen LogP contribution in [0.4, 0.5) is 13.2 Å². The summed E-state index contributed by atoms with van der Waals surface area (Å²) in [7, 11) is 0. The zero-order valence-corrected chi connectivity index (χ0v) is 13.2. The van der Waals surface area contributed by atoms with Gasteiger partial charge in [0.1, 0.15) is 5.56 Å². The molecule has 0 aliphatic rings. The second-order valence-electron chi connectivity index (χ2n) is 5.00. The third-order valence-electron chi connectivity index (χ3n) is 3.27. The molecule has 0 unspecified atom stereocenters. The minimum atomic E-state index is -4.54. The van der Waals surface area contributed by atoms with Crippen molar-refractivity contribution in [1.29, 1.82) is 0 Å². The Labute approximate surface area is 142 Å². The molecule has 10 heteroatoms. The van der Waals surface area contributed by atoms with E-state index in [0.29, 0.717) is 22.2 Å². The number of benzene rings is 1. The molecule has 0 atom stereocenters. The SMILES string of the molecule is NC(=O)c1cc2ccccc2n(OCc2csc(C(F)(F)F)n2)c1=O. The maximum atomic E-state index is 12.6. The number of thiazole rings is 1. The van der Waals surface area contributed by atoms with Gasteiger partial charge in [-0.05, 0) is 12.1 Å². The molecule has 1 aromatic carbocycles. The Bertz CT molecular complexity index is 1010. The molecule has 0 aliphatic heterocycles. The molecular weight excluding hydrogens is 359 g/mol. The molecule has 2 aromatic heterocycles. The number of nitrogens with two attached hydrogens (primary N) is 1. The molecule has 0 aliphatic carbocycles. The van der Waals surface area contributed by atoms with Crippen molar-refractivity contribution in [3.8, 4) is 0 Å². The molecule has 3 aromatic rings. The zero-order valence-electron chi connectivity index (χ0n) is 12.4. The Morgan fingerprint density at radius 1 is 1.32 bits per heavy atom. The van der Waals surface area contributed by atoms with Crippen LogP contribution in [-0.4, -0.2) is 15.6 Å². The number of alkyl halides is 3. The molecule has 2 heterocycles. The van der Waals surface area contributed by atoms with Crippen molar-refractivity contribution in [2.75, 3.05) is 0 Å². The van der Waals surface area contributed by atoms with Crippen LogP contribution in [0.1, 0.15) is 21.1 Å². The Kier molecular flexibility index (Phi) is 4.21. The van der Waals surface area contributed by atoms with Gasteiger partial charge in [0.25, 0.3) is 11.5 Å². The maximum absolute atomic E-state index is 12.6. The largest absolute Gasteiger partial charge is 0.443 e. The number of hydrogen-bond donors (Lipinski definition) is 1. The van der Waals surface area contributed by atoms with Crippen LogP contribution < -0.4 is 16.1 Å². The summed E-state index contributed by atoms with van der Waals surface area (Å²) in [6, 6.07) is 7.90. The molecular formula is C15H10F3N3O3S. The van der Waals surface area contributed by atoms with E-state index in [9.17, 15) is 22.8 Å². The molecule has 0 radical (unpaired) electrons. The average molecular weight is 369 g/mol. The summed E-state index contributed by atoms with van der Waals surface area (Å²) >= 11 is 0.430. The number of rotatable bonds is 4. The van der Waals surface area contributed by atoms with Gasteiger partial charge in [0.15, 0.2) is 11.6 Å². The van der Waals surface area contributed by atoms with Crippen LogP contribution in [0.25, 0.3) is 10.9 Å². The third-order valence-corrected chi connectivity index (χ3v) is 4.21. The molecule has 1 amide bonds. The van der Waals surface area contributed by atoms with Gasteiger partial charge in [0.05, 0.1) is 11.2 Å². The van der Waals surface area contributed by atoms with Gasteiger partial charge in [-0.15, -0.1) is 16.1 Å². The van der Waals surface area contributed by atoms with Gasteiger partial charge >= 0.3 is 6.18 Å². The summed E-state index contributed by atoms with van der Waals surface area (Å²) in [4.78, 5) is 32.5. The lowest BCUT2D eigenvalue weighted by atomic mass is 10.1. The van der Waals surface area contributed by atoms with Crippen LogP contribution in [0.3, 0.4) is 0 Å². The summed E-state index contributed by atoms with van der Waals surface area (Å²) < 4.78 is 38.6. The Balaban J connectivity index is 1.98. The van der Waals surface area contributed by atoms with E-state index in [2.05, 4.69) is 4.98 Å². The van der Waals surface area contributed by atoms with Gasteiger partial charge in [0, 0.05) is 10.8 Å². The van der Waals surface area contributed by atoms with Crippen LogP contribution in [0.5, 0.6) is 0 Å². The van der Waals surface area contributed by atoms with Gasteiger partial charge in [-0.3, -0.25) is 9.59 Å². The number of halogens is 3. The first-order chi connectivity index (χ1) is 11.8. The van der Waals surface area contributed by atoms with Crippen LogP contribution in [0, 0.1) is 0 Å². The van der Waals surface area contributed by atoms with Crippen molar-refractivity contribution in [2.24, 2.45) is 5.73 Å². The first kappa shape index (κ1) is 17.0. The van der Waals surface area contributed by atoms with Crippen LogP contribution >= 0.6 is 11.3 Å². The summed E-state index contributed by atoms with van der Waals surface area (Å²) in [5, 5.41) is 0.702. The molecule has 0 fully saturated rings. The Morgan fingerprint density at radius 2 is 2.04 bits per heavy atom. The summed E-state index contributed by atoms with van der Waals surface area (Å²) in [5.74, 6) is -0.930. The number of pyridine rings is 1.